The molecule has 4 rings (SSSR count). The van der Waals surface area contributed by atoms with Crippen molar-refractivity contribution in [3.63, 3.8) is 0 Å². The Bertz CT molecular complexity index is 1420. The predicted octanol–water partition coefficient (Wildman–Crippen LogP) is 7.08. The average Bonchev–Trinajstić information content (AvgIpc) is 2.95. The second kappa shape index (κ2) is 15.3. The maximum absolute atomic E-state index is 13.5. The number of carboxylic acids is 1. The molecule has 3 aromatic rings. The highest BCUT2D eigenvalue weighted by Crippen LogP contribution is 2.46. The molecular weight excluding hydrogens is 634 g/mol. The summed E-state index contributed by atoms with van der Waals surface area (Å²) >= 11 is 11.9. The van der Waals surface area contributed by atoms with Gasteiger partial charge >= 0.3 is 12.1 Å². The molecule has 1 heterocycles. The molecule has 2 unspecified atom stereocenters. The van der Waals surface area contributed by atoms with Gasteiger partial charge in [-0.2, -0.15) is 13.2 Å². The fourth-order valence-electron chi connectivity index (χ4n) is 4.62. The molecule has 0 spiro atoms. The van der Waals surface area contributed by atoms with E-state index in [0.717, 1.165) is 11.1 Å². The molecule has 0 radical (unpaired) electrons. The quantitative estimate of drug-likeness (QED) is 0.193. The molecule has 0 saturated carbocycles. The van der Waals surface area contributed by atoms with E-state index in [1.807, 2.05) is 64.1 Å². The largest absolute Gasteiger partial charge is 0.489 e. The zero-order valence-corrected chi connectivity index (χ0v) is 26.6. The second-order valence-corrected chi connectivity index (χ2v) is 12.3. The first-order chi connectivity index (χ1) is 21.0. The van der Waals surface area contributed by atoms with Gasteiger partial charge in [0.25, 0.3) is 0 Å². The summed E-state index contributed by atoms with van der Waals surface area (Å²) in [4.78, 5) is 11.6. The monoisotopic (exact) mass is 669 g/mol. The molecule has 244 valence electrons. The molecule has 0 amide bonds. The minimum Gasteiger partial charge on any atom is -0.489 e. The molecule has 1 aliphatic rings. The van der Waals surface area contributed by atoms with E-state index in [1.54, 1.807) is 0 Å². The number of aliphatic hydroxyl groups is 2. The van der Waals surface area contributed by atoms with Crippen LogP contribution in [0.15, 0.2) is 78.4 Å². The standard InChI is InChI=1S/C18H20Cl2F3NO5.C15H16O/c1-17(2,3)24-6-9(25)7-28-14-10-4-8(19)5-11(20)13(10)29-15(18(21,22)23)12(14)16(26)27;1-12(16)15(13-8-4-2-5-9-13)14-10-6-3-7-11-14/h4-5,9,15,24-25H,6-7H2,1-3H3,(H,26,27);2-12,15-16H,1H3/t9?,15-;/m0./s1. The summed E-state index contributed by atoms with van der Waals surface area (Å²) in [5.74, 6) is -2.84. The number of aliphatic hydroxyl groups excluding tert-OH is 2. The van der Waals surface area contributed by atoms with Crippen LogP contribution in [0.1, 0.15) is 50.3 Å². The minimum atomic E-state index is -5.05. The third kappa shape index (κ3) is 10.1. The third-order valence-electron chi connectivity index (χ3n) is 6.61. The summed E-state index contributed by atoms with van der Waals surface area (Å²) in [6, 6.07) is 22.6. The number of carboxylic acid groups (broad SMARTS) is 1. The Morgan fingerprint density at radius 2 is 1.51 bits per heavy atom. The molecule has 0 aromatic heterocycles. The van der Waals surface area contributed by atoms with E-state index >= 15 is 0 Å². The highest BCUT2D eigenvalue weighted by atomic mass is 35.5. The number of benzene rings is 3. The molecule has 3 aromatic carbocycles. The van der Waals surface area contributed by atoms with Crippen molar-refractivity contribution < 1.29 is 42.8 Å². The fraction of sp³-hybridized carbons (Fsp3) is 0.364. The summed E-state index contributed by atoms with van der Waals surface area (Å²) in [5, 5.41) is 32.2. The lowest BCUT2D eigenvalue weighted by Gasteiger charge is -2.31. The van der Waals surface area contributed by atoms with Crippen molar-refractivity contribution >= 4 is 34.9 Å². The molecule has 4 N–H and O–H groups in total. The molecular formula is C33H36Cl2F3NO6. The number of β-amino-alcohol motifs (C(OH)–C–C–N with tert-alkyl or cyclic N) is 1. The van der Waals surface area contributed by atoms with Crippen LogP contribution in [0.5, 0.6) is 5.75 Å². The van der Waals surface area contributed by atoms with Gasteiger partial charge in [0.05, 0.1) is 16.7 Å². The third-order valence-corrected chi connectivity index (χ3v) is 7.11. The summed E-state index contributed by atoms with van der Waals surface area (Å²) in [5.41, 5.74) is 0.697. The van der Waals surface area contributed by atoms with Gasteiger partial charge in [0.2, 0.25) is 6.10 Å². The van der Waals surface area contributed by atoms with Crippen LogP contribution >= 0.6 is 23.2 Å². The number of hydrogen-bond donors (Lipinski definition) is 4. The molecule has 0 saturated heterocycles. The van der Waals surface area contributed by atoms with Crippen molar-refractivity contribution in [1.29, 1.82) is 0 Å². The van der Waals surface area contributed by atoms with Crippen LogP contribution in [0.3, 0.4) is 0 Å². The lowest BCUT2D eigenvalue weighted by molar-refractivity contribution is -0.187. The smallest absolute Gasteiger partial charge is 0.430 e. The molecule has 12 heteroatoms. The Labute approximate surface area is 270 Å². The normalized spacial score (nSPS) is 16.2. The first-order valence-corrected chi connectivity index (χ1v) is 14.8. The van der Waals surface area contributed by atoms with E-state index in [2.05, 4.69) is 29.6 Å². The van der Waals surface area contributed by atoms with Crippen molar-refractivity contribution in [3.8, 4) is 5.75 Å². The van der Waals surface area contributed by atoms with Crippen LogP contribution in [-0.4, -0.2) is 64.5 Å². The van der Waals surface area contributed by atoms with E-state index in [4.69, 9.17) is 32.7 Å². The van der Waals surface area contributed by atoms with E-state index < -0.39 is 48.0 Å². The maximum Gasteiger partial charge on any atom is 0.430 e. The van der Waals surface area contributed by atoms with Crippen molar-refractivity contribution in [2.45, 2.75) is 63.6 Å². The number of fused-ring (bicyclic) bond motifs is 1. The Morgan fingerprint density at radius 1 is 0.978 bits per heavy atom. The summed E-state index contributed by atoms with van der Waals surface area (Å²) < 4.78 is 50.7. The summed E-state index contributed by atoms with van der Waals surface area (Å²) in [6.45, 7) is 7.02. The van der Waals surface area contributed by atoms with E-state index in [0.29, 0.717) is 0 Å². The van der Waals surface area contributed by atoms with Crippen molar-refractivity contribution in [2.24, 2.45) is 0 Å². The number of nitrogens with one attached hydrogen (secondary N) is 1. The summed E-state index contributed by atoms with van der Waals surface area (Å²) in [6.07, 6.45) is -9.35. The van der Waals surface area contributed by atoms with Crippen molar-refractivity contribution in [1.82, 2.24) is 5.32 Å². The molecule has 45 heavy (non-hydrogen) atoms. The van der Waals surface area contributed by atoms with Gasteiger partial charge in [0.15, 0.2) is 0 Å². The zero-order valence-electron chi connectivity index (χ0n) is 25.1. The highest BCUT2D eigenvalue weighted by molar-refractivity contribution is 6.36. The Hall–Kier alpha value is -3.28. The first kappa shape index (κ1) is 36.2. The molecule has 3 atom stereocenters. The fourth-order valence-corrected chi connectivity index (χ4v) is 5.16. The molecule has 7 nitrogen and oxygen atoms in total. The number of alkyl halides is 3. The van der Waals surface area contributed by atoms with Gasteiger partial charge in [0.1, 0.15) is 29.8 Å². The molecule has 0 fully saturated rings. The zero-order chi connectivity index (χ0) is 33.5. The van der Waals surface area contributed by atoms with E-state index in [-0.39, 0.29) is 39.7 Å². The SMILES string of the molecule is CC(C)(C)NCC(O)COC1=C(C(=O)O)[C@@H](C(F)(F)F)Oc2c(Cl)cc(Cl)cc21.CC(O)C(c1ccccc1)c1ccccc1. The van der Waals surface area contributed by atoms with Crippen LogP contribution < -0.4 is 10.1 Å². The van der Waals surface area contributed by atoms with Crippen LogP contribution in [0.4, 0.5) is 13.2 Å². The van der Waals surface area contributed by atoms with Crippen molar-refractivity contribution in [2.75, 3.05) is 13.2 Å². The number of rotatable bonds is 9. The highest BCUT2D eigenvalue weighted by Gasteiger charge is 2.51. The lowest BCUT2D eigenvalue weighted by atomic mass is 9.87. The van der Waals surface area contributed by atoms with Crippen LogP contribution in [0.25, 0.3) is 5.76 Å². The number of halogens is 5. The van der Waals surface area contributed by atoms with Gasteiger partial charge in [0, 0.05) is 23.0 Å². The van der Waals surface area contributed by atoms with Gasteiger partial charge in [-0.25, -0.2) is 4.79 Å². The van der Waals surface area contributed by atoms with Gasteiger partial charge in [-0.15, -0.1) is 0 Å². The number of hydrogen-bond acceptors (Lipinski definition) is 6. The average molecular weight is 671 g/mol. The first-order valence-electron chi connectivity index (χ1n) is 14.0. The lowest BCUT2D eigenvalue weighted by Crippen LogP contribution is -2.43. The Kier molecular flexibility index (Phi) is 12.3. The van der Waals surface area contributed by atoms with Gasteiger partial charge < -0.3 is 30.1 Å². The van der Waals surface area contributed by atoms with Crippen LogP contribution in [0.2, 0.25) is 10.0 Å². The number of ether oxygens (including phenoxy) is 2. The predicted molar refractivity (Wildman–Crippen MR) is 168 cm³/mol. The molecule has 0 aliphatic carbocycles. The maximum atomic E-state index is 13.5. The molecule has 1 aliphatic heterocycles. The number of carbonyl (C=O) groups is 1. The Balaban J connectivity index is 0.000000289. The van der Waals surface area contributed by atoms with E-state index in [1.165, 1.54) is 12.1 Å². The minimum absolute atomic E-state index is 0.0450. The van der Waals surface area contributed by atoms with E-state index in [9.17, 15) is 33.3 Å². The second-order valence-electron chi connectivity index (χ2n) is 11.5. The number of aliphatic carboxylic acids is 1. The molecule has 0 bridgehead atoms. The topological polar surface area (TPSA) is 108 Å². The Morgan fingerprint density at radius 3 is 1.96 bits per heavy atom. The van der Waals surface area contributed by atoms with Crippen LogP contribution in [-0.2, 0) is 9.53 Å². The van der Waals surface area contributed by atoms with Crippen molar-refractivity contribution in [3.05, 3.63) is 105 Å². The van der Waals surface area contributed by atoms with Gasteiger partial charge in [-0.3, -0.25) is 0 Å². The summed E-state index contributed by atoms with van der Waals surface area (Å²) in [7, 11) is 0. The van der Waals surface area contributed by atoms with Gasteiger partial charge in [-0.05, 0) is 51.0 Å². The van der Waals surface area contributed by atoms with Gasteiger partial charge in [-0.1, -0.05) is 83.9 Å². The van der Waals surface area contributed by atoms with Crippen LogP contribution in [0, 0.1) is 0 Å².